The number of carbonyl (C=O) groups is 1. The number of nitrogens with one attached hydrogen (secondary N) is 2. The summed E-state index contributed by atoms with van der Waals surface area (Å²) in [6.07, 6.45) is 1.78. The summed E-state index contributed by atoms with van der Waals surface area (Å²) >= 11 is 0. The van der Waals surface area contributed by atoms with Gasteiger partial charge in [-0.2, -0.15) is 0 Å². The summed E-state index contributed by atoms with van der Waals surface area (Å²) in [6, 6.07) is 3.57. The quantitative estimate of drug-likeness (QED) is 0.697. The summed E-state index contributed by atoms with van der Waals surface area (Å²) in [5, 5.41) is 13.8. The maximum atomic E-state index is 11.8. The van der Waals surface area contributed by atoms with Crippen LogP contribution in [0.2, 0.25) is 0 Å². The summed E-state index contributed by atoms with van der Waals surface area (Å²) in [5.41, 5.74) is 0.336. The van der Waals surface area contributed by atoms with Gasteiger partial charge in [-0.15, -0.1) is 10.2 Å². The molecular formula is C13H22N4O2. The molecule has 0 saturated carbocycles. The molecule has 1 heterocycles. The van der Waals surface area contributed by atoms with E-state index in [0.717, 1.165) is 19.4 Å². The van der Waals surface area contributed by atoms with Crippen LogP contribution in [0.25, 0.3) is 0 Å². The summed E-state index contributed by atoms with van der Waals surface area (Å²) in [4.78, 5) is 11.8. The minimum Gasteiger partial charge on any atom is -0.385 e. The van der Waals surface area contributed by atoms with Gasteiger partial charge in [-0.1, -0.05) is 6.92 Å². The van der Waals surface area contributed by atoms with Gasteiger partial charge in [0, 0.05) is 26.3 Å². The molecule has 0 aliphatic heterocycles. The van der Waals surface area contributed by atoms with Crippen molar-refractivity contribution in [2.24, 2.45) is 0 Å². The topological polar surface area (TPSA) is 76.1 Å². The summed E-state index contributed by atoms with van der Waals surface area (Å²) in [5.74, 6) is 0.476. The van der Waals surface area contributed by atoms with Crippen LogP contribution in [0.3, 0.4) is 0 Å². The van der Waals surface area contributed by atoms with Crippen molar-refractivity contribution >= 4 is 11.7 Å². The van der Waals surface area contributed by atoms with E-state index >= 15 is 0 Å². The molecule has 0 fully saturated rings. The first-order chi connectivity index (χ1) is 9.17. The van der Waals surface area contributed by atoms with Gasteiger partial charge >= 0.3 is 0 Å². The molecule has 0 bridgehead atoms. The summed E-state index contributed by atoms with van der Waals surface area (Å²) in [7, 11) is 1.67. The number of carbonyl (C=O) groups excluding carboxylic acids is 1. The Labute approximate surface area is 113 Å². The average Bonchev–Trinajstić information content (AvgIpc) is 2.44. The fourth-order valence-corrected chi connectivity index (χ4v) is 1.38. The molecule has 1 amide bonds. The molecule has 6 nitrogen and oxygen atoms in total. The van der Waals surface area contributed by atoms with Crippen LogP contribution in [0, 0.1) is 0 Å². The predicted octanol–water partition coefficient (Wildman–Crippen LogP) is 1.45. The predicted molar refractivity (Wildman–Crippen MR) is 74.2 cm³/mol. The van der Waals surface area contributed by atoms with E-state index in [-0.39, 0.29) is 11.9 Å². The van der Waals surface area contributed by atoms with Gasteiger partial charge in [0.05, 0.1) is 0 Å². The van der Waals surface area contributed by atoms with Crippen molar-refractivity contribution in [2.75, 3.05) is 25.6 Å². The summed E-state index contributed by atoms with van der Waals surface area (Å²) in [6.45, 7) is 5.44. The molecule has 0 aliphatic rings. The Kier molecular flexibility index (Phi) is 6.81. The lowest BCUT2D eigenvalue weighted by Gasteiger charge is -2.10. The molecule has 1 atom stereocenters. The van der Waals surface area contributed by atoms with Crippen molar-refractivity contribution in [3.8, 4) is 0 Å². The van der Waals surface area contributed by atoms with Crippen LogP contribution in [-0.2, 0) is 4.74 Å². The second-order valence-electron chi connectivity index (χ2n) is 4.36. The standard InChI is InChI=1S/C13H22N4O2/c1-4-10(2)15-13(18)11-6-7-12(17-16-11)14-8-5-9-19-3/h6-7,10H,4-5,8-9H2,1-3H3,(H,14,17)(H,15,18). The molecule has 0 aliphatic carbocycles. The highest BCUT2D eigenvalue weighted by Gasteiger charge is 2.10. The SMILES string of the molecule is CCC(C)NC(=O)c1ccc(NCCCOC)nn1. The highest BCUT2D eigenvalue weighted by atomic mass is 16.5. The van der Waals surface area contributed by atoms with Crippen molar-refractivity contribution in [1.29, 1.82) is 0 Å². The Balaban J connectivity index is 2.44. The van der Waals surface area contributed by atoms with Crippen LogP contribution in [-0.4, -0.2) is 42.4 Å². The summed E-state index contributed by atoms with van der Waals surface area (Å²) < 4.78 is 4.95. The number of anilines is 1. The Morgan fingerprint density at radius 2 is 2.21 bits per heavy atom. The van der Waals surface area contributed by atoms with Crippen molar-refractivity contribution in [2.45, 2.75) is 32.7 Å². The maximum absolute atomic E-state index is 11.8. The van der Waals surface area contributed by atoms with Gasteiger partial charge in [0.25, 0.3) is 5.91 Å². The zero-order valence-corrected chi connectivity index (χ0v) is 11.8. The van der Waals surface area contributed by atoms with E-state index in [1.165, 1.54) is 0 Å². The van der Waals surface area contributed by atoms with E-state index < -0.39 is 0 Å². The van der Waals surface area contributed by atoms with Crippen LogP contribution in [0.15, 0.2) is 12.1 Å². The van der Waals surface area contributed by atoms with Crippen LogP contribution in [0.1, 0.15) is 37.2 Å². The number of hydrogen-bond donors (Lipinski definition) is 2. The lowest BCUT2D eigenvalue weighted by atomic mass is 10.2. The van der Waals surface area contributed by atoms with Crippen LogP contribution >= 0.6 is 0 Å². The molecule has 1 rings (SSSR count). The van der Waals surface area contributed by atoms with E-state index in [1.54, 1.807) is 19.2 Å². The molecule has 1 unspecified atom stereocenters. The molecule has 1 aromatic heterocycles. The van der Waals surface area contributed by atoms with Gasteiger partial charge in [0.15, 0.2) is 5.69 Å². The molecule has 2 N–H and O–H groups in total. The third-order valence-corrected chi connectivity index (χ3v) is 2.72. The van der Waals surface area contributed by atoms with Crippen molar-refractivity contribution in [3.63, 3.8) is 0 Å². The van der Waals surface area contributed by atoms with Gasteiger partial charge in [-0.25, -0.2) is 0 Å². The highest BCUT2D eigenvalue weighted by molar-refractivity contribution is 5.92. The number of nitrogens with zero attached hydrogens (tertiary/aromatic N) is 2. The number of amides is 1. The molecule has 6 heteroatoms. The lowest BCUT2D eigenvalue weighted by Crippen LogP contribution is -2.32. The minimum atomic E-state index is -0.187. The first kappa shape index (κ1) is 15.4. The van der Waals surface area contributed by atoms with Gasteiger partial charge in [-0.3, -0.25) is 4.79 Å². The second-order valence-corrected chi connectivity index (χ2v) is 4.36. The molecule has 0 aromatic carbocycles. The van der Waals surface area contributed by atoms with Crippen molar-refractivity contribution < 1.29 is 9.53 Å². The molecule has 19 heavy (non-hydrogen) atoms. The third-order valence-electron chi connectivity index (χ3n) is 2.72. The van der Waals surface area contributed by atoms with Gasteiger partial charge in [0.2, 0.25) is 0 Å². The molecule has 1 aromatic rings. The van der Waals surface area contributed by atoms with Crippen molar-refractivity contribution in [3.05, 3.63) is 17.8 Å². The first-order valence-electron chi connectivity index (χ1n) is 6.54. The second kappa shape index (κ2) is 8.42. The zero-order valence-electron chi connectivity index (χ0n) is 11.8. The fraction of sp³-hybridized carbons (Fsp3) is 0.615. The monoisotopic (exact) mass is 266 g/mol. The normalized spacial score (nSPS) is 11.9. The maximum Gasteiger partial charge on any atom is 0.272 e. The lowest BCUT2D eigenvalue weighted by molar-refractivity contribution is 0.0933. The van der Waals surface area contributed by atoms with Crippen molar-refractivity contribution in [1.82, 2.24) is 15.5 Å². The third kappa shape index (κ3) is 5.65. The smallest absolute Gasteiger partial charge is 0.272 e. The number of rotatable bonds is 8. The van der Waals surface area contributed by atoms with E-state index in [9.17, 15) is 4.79 Å². The number of aromatic nitrogens is 2. The van der Waals surface area contributed by atoms with E-state index in [2.05, 4.69) is 20.8 Å². The fourth-order valence-electron chi connectivity index (χ4n) is 1.38. The minimum absolute atomic E-state index is 0.140. The number of methoxy groups -OCH3 is 1. The van der Waals surface area contributed by atoms with Gasteiger partial charge in [0.1, 0.15) is 5.82 Å². The largest absolute Gasteiger partial charge is 0.385 e. The molecular weight excluding hydrogens is 244 g/mol. The number of ether oxygens (including phenoxy) is 1. The Morgan fingerprint density at radius 1 is 1.42 bits per heavy atom. The Morgan fingerprint density at radius 3 is 2.79 bits per heavy atom. The van der Waals surface area contributed by atoms with Crippen LogP contribution < -0.4 is 10.6 Å². The Bertz CT molecular complexity index is 381. The van der Waals surface area contributed by atoms with Crippen LogP contribution in [0.4, 0.5) is 5.82 Å². The zero-order chi connectivity index (χ0) is 14.1. The highest BCUT2D eigenvalue weighted by Crippen LogP contribution is 2.03. The average molecular weight is 266 g/mol. The molecule has 106 valence electrons. The molecule has 0 spiro atoms. The molecule has 0 saturated heterocycles. The van der Waals surface area contributed by atoms with E-state index in [0.29, 0.717) is 18.1 Å². The Hall–Kier alpha value is -1.69. The van der Waals surface area contributed by atoms with Gasteiger partial charge in [-0.05, 0) is 31.9 Å². The van der Waals surface area contributed by atoms with E-state index in [4.69, 9.17) is 4.74 Å². The molecule has 0 radical (unpaired) electrons. The van der Waals surface area contributed by atoms with Gasteiger partial charge < -0.3 is 15.4 Å². The van der Waals surface area contributed by atoms with E-state index in [1.807, 2.05) is 13.8 Å². The van der Waals surface area contributed by atoms with Crippen LogP contribution in [0.5, 0.6) is 0 Å². The number of hydrogen-bond acceptors (Lipinski definition) is 5. The first-order valence-corrected chi connectivity index (χ1v) is 6.54.